The summed E-state index contributed by atoms with van der Waals surface area (Å²) in [5.41, 5.74) is 0.792. The average molecular weight is 477 g/mol. The highest BCUT2D eigenvalue weighted by Gasteiger charge is 2.27. The smallest absolute Gasteiger partial charge is 0.319 e. The third kappa shape index (κ3) is 6.69. The summed E-state index contributed by atoms with van der Waals surface area (Å²) in [6.45, 7) is 7.75. The lowest BCUT2D eigenvalue weighted by Gasteiger charge is -2.23. The first-order chi connectivity index (χ1) is 15.6. The molecule has 3 amide bonds. The second-order valence-corrected chi connectivity index (χ2v) is 9.56. The second-order valence-electron chi connectivity index (χ2n) is 7.63. The lowest BCUT2D eigenvalue weighted by Crippen LogP contribution is -2.48. The van der Waals surface area contributed by atoms with Gasteiger partial charge in [-0.15, -0.1) is 0 Å². The third-order valence-electron chi connectivity index (χ3n) is 5.04. The molecule has 1 unspecified atom stereocenters. The number of hydrogen-bond donors (Lipinski definition) is 3. The Morgan fingerprint density at radius 2 is 1.64 bits per heavy atom. The number of carbonyl (C=O) groups excluding carboxylic acids is 2. The van der Waals surface area contributed by atoms with Crippen molar-refractivity contribution in [2.45, 2.75) is 38.6 Å². The topological polar surface area (TPSA) is 117 Å². The van der Waals surface area contributed by atoms with Crippen molar-refractivity contribution >= 4 is 33.3 Å². The van der Waals surface area contributed by atoms with Crippen molar-refractivity contribution in [2.24, 2.45) is 5.92 Å². The number of carbonyl (C=O) groups is 2. The van der Waals surface area contributed by atoms with E-state index in [-0.39, 0.29) is 16.5 Å². The van der Waals surface area contributed by atoms with Crippen molar-refractivity contribution in [3.05, 3.63) is 48.5 Å². The van der Waals surface area contributed by atoms with E-state index in [2.05, 4.69) is 16.0 Å². The highest BCUT2D eigenvalue weighted by atomic mass is 32.2. The molecule has 0 bridgehead atoms. The molecule has 0 radical (unpaired) electrons. The minimum absolute atomic E-state index is 0.0400. The number of ether oxygens (including phenoxy) is 1. The zero-order chi connectivity index (χ0) is 24.6. The predicted molar refractivity (Wildman–Crippen MR) is 129 cm³/mol. The van der Waals surface area contributed by atoms with Gasteiger partial charge in [0.25, 0.3) is 0 Å². The van der Waals surface area contributed by atoms with Crippen LogP contribution in [0.25, 0.3) is 0 Å². The van der Waals surface area contributed by atoms with Gasteiger partial charge in [-0.1, -0.05) is 45.9 Å². The Hall–Kier alpha value is -3.11. The van der Waals surface area contributed by atoms with E-state index in [0.29, 0.717) is 24.5 Å². The molecule has 2 aromatic rings. The Morgan fingerprint density at radius 3 is 2.18 bits per heavy atom. The van der Waals surface area contributed by atoms with Gasteiger partial charge in [0.1, 0.15) is 11.8 Å². The Morgan fingerprint density at radius 1 is 1.00 bits per heavy atom. The molecule has 0 aliphatic rings. The predicted octanol–water partition coefficient (Wildman–Crippen LogP) is 3.51. The summed E-state index contributed by atoms with van der Waals surface area (Å²) in [6.07, 6.45) is 0. The van der Waals surface area contributed by atoms with Gasteiger partial charge in [-0.25, -0.2) is 13.2 Å². The van der Waals surface area contributed by atoms with E-state index < -0.39 is 28.0 Å². The maximum absolute atomic E-state index is 13.0. The Labute approximate surface area is 195 Å². The third-order valence-corrected chi connectivity index (χ3v) is 7.09. The van der Waals surface area contributed by atoms with Crippen LogP contribution in [0.1, 0.15) is 27.7 Å². The molecule has 1 atom stereocenters. The van der Waals surface area contributed by atoms with Crippen LogP contribution in [0, 0.1) is 5.92 Å². The number of urea groups is 1. The summed E-state index contributed by atoms with van der Waals surface area (Å²) in [6, 6.07) is 11.8. The molecule has 0 heterocycles. The van der Waals surface area contributed by atoms with Crippen molar-refractivity contribution in [1.82, 2.24) is 9.62 Å². The van der Waals surface area contributed by atoms with Gasteiger partial charge in [0.05, 0.1) is 17.7 Å². The van der Waals surface area contributed by atoms with Gasteiger partial charge in [0.2, 0.25) is 15.9 Å². The molecule has 3 N–H and O–H groups in total. The fraction of sp³-hybridized carbons (Fsp3) is 0.391. The summed E-state index contributed by atoms with van der Waals surface area (Å²) < 4.78 is 32.4. The Bertz CT molecular complexity index is 1050. The molecule has 10 heteroatoms. The molecule has 33 heavy (non-hydrogen) atoms. The molecular weight excluding hydrogens is 444 g/mol. The molecule has 2 aromatic carbocycles. The normalized spacial score (nSPS) is 12.3. The maximum Gasteiger partial charge on any atom is 0.319 e. The molecule has 2 rings (SSSR count). The maximum atomic E-state index is 13.0. The van der Waals surface area contributed by atoms with Gasteiger partial charge < -0.3 is 20.7 Å². The molecule has 0 aliphatic heterocycles. The Kier molecular flexibility index (Phi) is 9.24. The number of para-hydroxylation sites is 1. The number of methoxy groups -OCH3 is 1. The Balaban J connectivity index is 2.25. The number of amides is 3. The minimum Gasteiger partial charge on any atom is -0.495 e. The summed E-state index contributed by atoms with van der Waals surface area (Å²) in [5, 5.41) is 8.07. The molecule has 0 aromatic heterocycles. The molecule has 180 valence electrons. The van der Waals surface area contributed by atoms with Crippen molar-refractivity contribution in [1.29, 1.82) is 0 Å². The first-order valence-corrected chi connectivity index (χ1v) is 12.2. The van der Waals surface area contributed by atoms with Crippen LogP contribution < -0.4 is 20.7 Å². The molecule has 0 aliphatic carbocycles. The van der Waals surface area contributed by atoms with Gasteiger partial charge in [-0.2, -0.15) is 4.31 Å². The molecule has 0 saturated carbocycles. The van der Waals surface area contributed by atoms with Crippen LogP contribution in [0.3, 0.4) is 0 Å². The zero-order valence-corrected chi connectivity index (χ0v) is 20.4. The number of rotatable bonds is 10. The van der Waals surface area contributed by atoms with Crippen molar-refractivity contribution in [3.8, 4) is 5.75 Å². The molecular formula is C23H32N4O5S. The highest BCUT2D eigenvalue weighted by molar-refractivity contribution is 7.89. The van der Waals surface area contributed by atoms with Crippen molar-refractivity contribution in [3.63, 3.8) is 0 Å². The largest absolute Gasteiger partial charge is 0.495 e. The number of anilines is 2. The monoisotopic (exact) mass is 476 g/mol. The second kappa shape index (κ2) is 11.7. The lowest BCUT2D eigenvalue weighted by molar-refractivity contribution is -0.118. The lowest BCUT2D eigenvalue weighted by atomic mass is 10.0. The van der Waals surface area contributed by atoms with Gasteiger partial charge in [-0.3, -0.25) is 4.79 Å². The fourth-order valence-electron chi connectivity index (χ4n) is 3.23. The first kappa shape index (κ1) is 26.1. The van der Waals surface area contributed by atoms with E-state index in [0.717, 1.165) is 0 Å². The van der Waals surface area contributed by atoms with Gasteiger partial charge in [-0.05, 0) is 36.2 Å². The van der Waals surface area contributed by atoms with Crippen molar-refractivity contribution in [2.75, 3.05) is 30.8 Å². The molecule has 0 saturated heterocycles. The van der Waals surface area contributed by atoms with Crippen LogP contribution in [-0.4, -0.2) is 50.9 Å². The SMILES string of the molecule is CCN(CC)S(=O)(=O)c1ccc(OC)c(NC(=O)C(NC(=O)Nc2ccccc2)C(C)C)c1. The quantitative estimate of drug-likeness (QED) is 0.485. The molecule has 0 fully saturated rings. The van der Waals surface area contributed by atoms with Gasteiger partial charge >= 0.3 is 6.03 Å². The van der Waals surface area contributed by atoms with Crippen LogP contribution in [0.15, 0.2) is 53.4 Å². The van der Waals surface area contributed by atoms with E-state index >= 15 is 0 Å². The summed E-state index contributed by atoms with van der Waals surface area (Å²) >= 11 is 0. The molecule has 0 spiro atoms. The standard InChI is InChI=1S/C23H32N4O5S/c1-6-27(7-2)33(30,31)18-13-14-20(32-5)19(15-18)25-22(28)21(16(3)4)26-23(29)24-17-11-9-8-10-12-17/h8-16,21H,6-7H2,1-5H3,(H,25,28)(H2,24,26,29). The summed E-state index contributed by atoms with van der Waals surface area (Å²) in [5.74, 6) is -0.429. The van der Waals surface area contributed by atoms with E-state index in [1.807, 2.05) is 6.07 Å². The van der Waals surface area contributed by atoms with E-state index in [1.165, 1.54) is 29.6 Å². The number of hydrogen-bond acceptors (Lipinski definition) is 5. The summed E-state index contributed by atoms with van der Waals surface area (Å²) in [7, 11) is -2.30. The first-order valence-electron chi connectivity index (χ1n) is 10.8. The number of nitrogens with zero attached hydrogens (tertiary/aromatic N) is 1. The van der Waals surface area contributed by atoms with E-state index in [1.54, 1.807) is 52.0 Å². The fourth-order valence-corrected chi connectivity index (χ4v) is 4.72. The van der Waals surface area contributed by atoms with Gasteiger partial charge in [0.15, 0.2) is 0 Å². The summed E-state index contributed by atoms with van der Waals surface area (Å²) in [4.78, 5) is 25.5. The molecule has 9 nitrogen and oxygen atoms in total. The zero-order valence-electron chi connectivity index (χ0n) is 19.6. The number of benzene rings is 2. The van der Waals surface area contributed by atoms with E-state index in [4.69, 9.17) is 4.74 Å². The van der Waals surface area contributed by atoms with Crippen LogP contribution >= 0.6 is 0 Å². The van der Waals surface area contributed by atoms with Crippen LogP contribution in [-0.2, 0) is 14.8 Å². The minimum atomic E-state index is -3.73. The van der Waals surface area contributed by atoms with Crippen molar-refractivity contribution < 1.29 is 22.7 Å². The van der Waals surface area contributed by atoms with Crippen LogP contribution in [0.5, 0.6) is 5.75 Å². The average Bonchev–Trinajstić information content (AvgIpc) is 2.78. The van der Waals surface area contributed by atoms with Crippen LogP contribution in [0.2, 0.25) is 0 Å². The number of nitrogens with one attached hydrogen (secondary N) is 3. The van der Waals surface area contributed by atoms with Gasteiger partial charge in [0, 0.05) is 18.8 Å². The highest BCUT2D eigenvalue weighted by Crippen LogP contribution is 2.29. The van der Waals surface area contributed by atoms with Crippen LogP contribution in [0.4, 0.5) is 16.2 Å². The van der Waals surface area contributed by atoms with E-state index in [9.17, 15) is 18.0 Å². The number of sulfonamides is 1.